The predicted molar refractivity (Wildman–Crippen MR) is 116 cm³/mol. The predicted octanol–water partition coefficient (Wildman–Crippen LogP) is 0.432. The molecule has 3 aliphatic carbocycles. The van der Waals surface area contributed by atoms with E-state index in [1.54, 1.807) is 6.07 Å². The minimum atomic E-state index is -1.79. The highest BCUT2D eigenvalue weighted by molar-refractivity contribution is 5.90. The van der Waals surface area contributed by atoms with Crippen molar-refractivity contribution in [2.24, 2.45) is 5.92 Å². The molecule has 1 spiro atoms. The van der Waals surface area contributed by atoms with E-state index in [9.17, 15) is 24.6 Å². The number of likely N-dealkylation sites (tertiary alicyclic amines) is 1. The quantitative estimate of drug-likeness (QED) is 0.403. The van der Waals surface area contributed by atoms with Gasteiger partial charge in [-0.15, -0.1) is 0 Å². The monoisotopic (exact) mass is 475 g/mol. The molecule has 3 fully saturated rings. The molecule has 0 amide bonds. The van der Waals surface area contributed by atoms with Crippen LogP contribution < -0.4 is 4.74 Å². The van der Waals surface area contributed by atoms with Gasteiger partial charge in [0.2, 0.25) is 0 Å². The lowest BCUT2D eigenvalue weighted by molar-refractivity contribution is -0.188. The van der Waals surface area contributed by atoms with Crippen molar-refractivity contribution in [2.75, 3.05) is 13.1 Å². The van der Waals surface area contributed by atoms with Crippen LogP contribution in [-0.2, 0) is 26.2 Å². The minimum Gasteiger partial charge on any atom is -0.504 e. The highest BCUT2D eigenvalue weighted by Crippen LogP contribution is 2.64. The number of hydrogen-bond donors (Lipinski definition) is 5. The van der Waals surface area contributed by atoms with Crippen LogP contribution in [-0.4, -0.2) is 85.1 Å². The zero-order valence-electron chi connectivity index (χ0n) is 18.6. The second-order valence-corrected chi connectivity index (χ2v) is 10.2. The number of aliphatic hydroxyl groups excluding tert-OH is 1. The average molecular weight is 475 g/mol. The van der Waals surface area contributed by atoms with Crippen LogP contribution in [0.25, 0.3) is 0 Å². The Labute approximate surface area is 195 Å². The number of piperidine rings is 1. The van der Waals surface area contributed by atoms with E-state index in [4.69, 9.17) is 20.1 Å². The first-order valence-electron chi connectivity index (χ1n) is 11.7. The van der Waals surface area contributed by atoms with Crippen molar-refractivity contribution < 1.29 is 44.7 Å². The number of phenols is 1. The van der Waals surface area contributed by atoms with Crippen molar-refractivity contribution in [1.82, 2.24) is 4.90 Å². The fourth-order valence-corrected chi connectivity index (χ4v) is 6.52. The maximum Gasteiger partial charge on any atom is 0.333 e. The first kappa shape index (κ1) is 23.1. The Balaban J connectivity index is 0.000000231. The van der Waals surface area contributed by atoms with Crippen molar-refractivity contribution >= 4 is 17.7 Å². The number of aromatic hydroxyl groups is 1. The Morgan fingerprint density at radius 2 is 1.94 bits per heavy atom. The van der Waals surface area contributed by atoms with Crippen molar-refractivity contribution in [3.8, 4) is 11.5 Å². The molecule has 0 aromatic heterocycles. The zero-order valence-corrected chi connectivity index (χ0v) is 18.6. The highest BCUT2D eigenvalue weighted by Gasteiger charge is 2.73. The number of Topliss-reactive ketones (excluding diaryl/α,β-unsaturated/α-hetero) is 1. The number of ether oxygens (including phenoxy) is 1. The first-order valence-corrected chi connectivity index (χ1v) is 11.7. The van der Waals surface area contributed by atoms with Gasteiger partial charge in [0.05, 0.1) is 17.4 Å². The van der Waals surface area contributed by atoms with Crippen LogP contribution in [0.3, 0.4) is 0 Å². The molecule has 10 nitrogen and oxygen atoms in total. The molecule has 2 bridgehead atoms. The van der Waals surface area contributed by atoms with Gasteiger partial charge in [-0.2, -0.15) is 0 Å². The summed E-state index contributed by atoms with van der Waals surface area (Å²) < 4.78 is 6.04. The summed E-state index contributed by atoms with van der Waals surface area (Å²) in [7, 11) is 0. The molecule has 5 atom stereocenters. The van der Waals surface area contributed by atoms with Crippen LogP contribution >= 0.6 is 0 Å². The molecule has 6 rings (SSSR count). The third-order valence-corrected chi connectivity index (χ3v) is 8.21. The van der Waals surface area contributed by atoms with Gasteiger partial charge in [-0.1, -0.05) is 6.07 Å². The molecule has 184 valence electrons. The van der Waals surface area contributed by atoms with Crippen molar-refractivity contribution in [3.63, 3.8) is 0 Å². The maximum absolute atomic E-state index is 12.7. The summed E-state index contributed by atoms with van der Waals surface area (Å²) in [6, 6.07) is 3.69. The molecule has 0 radical (unpaired) electrons. The molecule has 10 heteroatoms. The Morgan fingerprint density at radius 3 is 2.56 bits per heavy atom. The number of hydrogen-bond acceptors (Lipinski definition) is 8. The Bertz CT molecular complexity index is 1050. The molecule has 1 saturated heterocycles. The fourth-order valence-electron chi connectivity index (χ4n) is 6.52. The first-order chi connectivity index (χ1) is 16.1. The van der Waals surface area contributed by atoms with E-state index in [-0.39, 0.29) is 17.6 Å². The molecular formula is C24H29NO9. The van der Waals surface area contributed by atoms with Crippen LogP contribution in [0, 0.1) is 5.92 Å². The number of carbonyl (C=O) groups is 3. The summed E-state index contributed by atoms with van der Waals surface area (Å²) in [5.41, 5.74) is 0.454. The smallest absolute Gasteiger partial charge is 0.333 e. The summed E-state index contributed by atoms with van der Waals surface area (Å²) in [6.45, 7) is 1.95. The molecule has 5 N–H and O–H groups in total. The number of nitrogens with zero attached hydrogens (tertiary/aromatic N) is 1. The van der Waals surface area contributed by atoms with Crippen molar-refractivity contribution in [2.45, 2.75) is 74.2 Å². The Hall–Kier alpha value is -2.69. The molecule has 34 heavy (non-hydrogen) atoms. The largest absolute Gasteiger partial charge is 0.504 e. The van der Waals surface area contributed by atoms with Crippen LogP contribution in [0.1, 0.15) is 49.7 Å². The molecule has 2 aliphatic heterocycles. The molecule has 1 aromatic carbocycles. The van der Waals surface area contributed by atoms with Gasteiger partial charge in [-0.05, 0) is 56.2 Å². The Morgan fingerprint density at radius 1 is 1.21 bits per heavy atom. The van der Waals surface area contributed by atoms with Gasteiger partial charge in [-0.3, -0.25) is 14.5 Å². The third-order valence-electron chi connectivity index (χ3n) is 8.21. The van der Waals surface area contributed by atoms with Crippen LogP contribution in [0.2, 0.25) is 0 Å². The van der Waals surface area contributed by atoms with Gasteiger partial charge < -0.3 is 30.3 Å². The summed E-state index contributed by atoms with van der Waals surface area (Å²) >= 11 is 0. The fraction of sp³-hybridized carbons (Fsp3) is 0.625. The normalized spacial score (nSPS) is 33.8. The lowest BCUT2D eigenvalue weighted by Gasteiger charge is -2.62. The molecule has 1 aromatic rings. The SMILES string of the molecule is O=C(O)CC(O)C(=O)O.O=C1CC[C@@]2(O)[C@H]3Cc4ccc(O)c5c4[C@@]2(CCN3CC2CC2)[C@H]1O5. The number of carboxylic acid groups (broad SMARTS) is 2. The number of aliphatic hydroxyl groups is 2. The zero-order chi connectivity index (χ0) is 24.4. The second-order valence-electron chi connectivity index (χ2n) is 10.2. The maximum atomic E-state index is 12.7. The van der Waals surface area contributed by atoms with E-state index in [1.807, 2.05) is 6.07 Å². The summed E-state index contributed by atoms with van der Waals surface area (Å²) in [5.74, 6) is -1.46. The number of phenolic OH excluding ortho intramolecular Hbond substituents is 1. The van der Waals surface area contributed by atoms with Gasteiger partial charge in [0.1, 0.15) is 0 Å². The molecular weight excluding hydrogens is 446 g/mol. The van der Waals surface area contributed by atoms with Crippen molar-refractivity contribution in [1.29, 1.82) is 0 Å². The molecule has 5 aliphatic rings. The van der Waals surface area contributed by atoms with Gasteiger partial charge in [0.25, 0.3) is 0 Å². The van der Waals surface area contributed by atoms with E-state index in [0.717, 1.165) is 43.0 Å². The number of aliphatic carboxylic acids is 2. The highest BCUT2D eigenvalue weighted by atomic mass is 16.5. The lowest BCUT2D eigenvalue weighted by atomic mass is 9.49. The van der Waals surface area contributed by atoms with E-state index in [0.29, 0.717) is 18.6 Å². The third kappa shape index (κ3) is 3.30. The number of benzene rings is 1. The van der Waals surface area contributed by atoms with Crippen LogP contribution in [0.4, 0.5) is 0 Å². The lowest BCUT2D eigenvalue weighted by Crippen LogP contribution is -2.76. The van der Waals surface area contributed by atoms with E-state index in [2.05, 4.69) is 4.90 Å². The van der Waals surface area contributed by atoms with E-state index < -0.39 is 41.6 Å². The van der Waals surface area contributed by atoms with Crippen molar-refractivity contribution in [3.05, 3.63) is 23.3 Å². The average Bonchev–Trinajstić information content (AvgIpc) is 3.51. The van der Waals surface area contributed by atoms with Gasteiger partial charge in [0.15, 0.2) is 29.5 Å². The molecule has 2 heterocycles. The standard InChI is InChI=1S/C20H23NO4.C4H6O5/c22-13-4-3-12-9-15-20(24)6-5-14(23)18-19(20,16(12)17(13)25-18)7-8-21(15)10-11-1-2-11;5-2(4(8)9)1-3(6)7/h3-4,11,15,18,22,24H,1-2,5-10H2;2,5H,1H2,(H,6,7)(H,8,9)/t15-,18+,19+,20-;/m1./s1. The number of rotatable bonds is 5. The number of carboxylic acids is 2. The summed E-state index contributed by atoms with van der Waals surface area (Å²) in [6.07, 6.45) is 1.78. The van der Waals surface area contributed by atoms with E-state index in [1.165, 1.54) is 12.8 Å². The number of ketones is 1. The van der Waals surface area contributed by atoms with Crippen LogP contribution in [0.15, 0.2) is 12.1 Å². The van der Waals surface area contributed by atoms with Crippen LogP contribution in [0.5, 0.6) is 11.5 Å². The summed E-state index contributed by atoms with van der Waals surface area (Å²) in [4.78, 5) is 34.6. The van der Waals surface area contributed by atoms with Gasteiger partial charge in [0, 0.05) is 24.6 Å². The van der Waals surface area contributed by atoms with Gasteiger partial charge in [-0.25, -0.2) is 4.79 Å². The van der Waals surface area contributed by atoms with Gasteiger partial charge >= 0.3 is 11.9 Å². The molecule has 1 unspecified atom stereocenters. The summed E-state index contributed by atoms with van der Waals surface area (Å²) in [5, 5.41) is 46.4. The Kier molecular flexibility index (Phi) is 5.38. The molecule has 2 saturated carbocycles. The topological polar surface area (TPSA) is 165 Å². The minimum absolute atomic E-state index is 0.0454. The number of carbonyl (C=O) groups excluding carboxylic acids is 1. The second kappa shape index (κ2) is 7.93. The van der Waals surface area contributed by atoms with E-state index >= 15 is 0 Å².